The second kappa shape index (κ2) is 6.01. The molecule has 13 heavy (non-hydrogen) atoms. The summed E-state index contributed by atoms with van der Waals surface area (Å²) in [6, 6.07) is 0. The monoisotopic (exact) mass is 281 g/mol. The first kappa shape index (κ1) is 11.5. The van der Waals surface area contributed by atoms with E-state index in [1.54, 1.807) is 5.51 Å². The minimum Gasteiger partial charge on any atom is -0.387 e. The van der Waals surface area contributed by atoms with Crippen LogP contribution in [0, 0.1) is 0 Å². The van der Waals surface area contributed by atoms with Crippen LogP contribution >= 0.6 is 39.0 Å². The highest BCUT2D eigenvalue weighted by Gasteiger charge is 2.12. The summed E-state index contributed by atoms with van der Waals surface area (Å²) in [6.45, 7) is 0. The maximum absolute atomic E-state index is 9.75. The van der Waals surface area contributed by atoms with Gasteiger partial charge >= 0.3 is 0 Å². The highest BCUT2D eigenvalue weighted by Crippen LogP contribution is 2.29. The zero-order chi connectivity index (χ0) is 9.68. The van der Waals surface area contributed by atoms with E-state index >= 15 is 0 Å². The highest BCUT2D eigenvalue weighted by molar-refractivity contribution is 9.10. The van der Waals surface area contributed by atoms with Crippen LogP contribution in [-0.4, -0.2) is 22.1 Å². The molecule has 5 heteroatoms. The molecule has 0 aromatic carbocycles. The number of thiazole rings is 1. The fraction of sp³-hybridized carbons (Fsp3) is 0.625. The maximum Gasteiger partial charge on any atom is 0.122 e. The molecule has 0 amide bonds. The smallest absolute Gasteiger partial charge is 0.122 e. The molecule has 74 valence electrons. The van der Waals surface area contributed by atoms with Crippen molar-refractivity contribution in [3.05, 3.63) is 15.0 Å². The molecule has 1 aromatic rings. The van der Waals surface area contributed by atoms with Gasteiger partial charge in [-0.25, -0.2) is 4.98 Å². The van der Waals surface area contributed by atoms with Crippen molar-refractivity contribution in [3.63, 3.8) is 0 Å². The Balaban J connectivity index is 2.39. The van der Waals surface area contributed by atoms with Crippen LogP contribution in [0.5, 0.6) is 0 Å². The zero-order valence-electron chi connectivity index (χ0n) is 7.36. The lowest BCUT2D eigenvalue weighted by Crippen LogP contribution is -1.96. The summed E-state index contributed by atoms with van der Waals surface area (Å²) in [7, 11) is 0. The maximum atomic E-state index is 9.75. The van der Waals surface area contributed by atoms with E-state index in [1.807, 2.05) is 11.8 Å². The van der Waals surface area contributed by atoms with Crippen molar-refractivity contribution in [2.45, 2.75) is 18.9 Å². The number of aliphatic hydroxyl groups is 1. The topological polar surface area (TPSA) is 33.1 Å². The second-order valence-electron chi connectivity index (χ2n) is 2.66. The van der Waals surface area contributed by atoms with E-state index in [4.69, 9.17) is 0 Å². The molecular formula is C8H12BrNOS2. The van der Waals surface area contributed by atoms with Crippen molar-refractivity contribution in [1.82, 2.24) is 4.98 Å². The summed E-state index contributed by atoms with van der Waals surface area (Å²) in [6.07, 6.45) is 3.59. The van der Waals surface area contributed by atoms with Gasteiger partial charge in [0.25, 0.3) is 0 Å². The Morgan fingerprint density at radius 2 is 2.54 bits per heavy atom. The molecule has 0 aliphatic heterocycles. The van der Waals surface area contributed by atoms with Gasteiger partial charge in [0, 0.05) is 0 Å². The molecule has 2 nitrogen and oxygen atoms in total. The average Bonchev–Trinajstić information content (AvgIpc) is 2.52. The van der Waals surface area contributed by atoms with Gasteiger partial charge in [-0.2, -0.15) is 11.8 Å². The van der Waals surface area contributed by atoms with E-state index < -0.39 is 0 Å². The van der Waals surface area contributed by atoms with Crippen molar-refractivity contribution >= 4 is 39.0 Å². The van der Waals surface area contributed by atoms with E-state index in [2.05, 4.69) is 27.2 Å². The van der Waals surface area contributed by atoms with Gasteiger partial charge in [0.2, 0.25) is 0 Å². The Hall–Kier alpha value is 0.420. The summed E-state index contributed by atoms with van der Waals surface area (Å²) in [5.41, 5.74) is 1.75. The Morgan fingerprint density at radius 3 is 3.08 bits per heavy atom. The van der Waals surface area contributed by atoms with Crippen LogP contribution in [0.4, 0.5) is 0 Å². The Kier molecular flexibility index (Phi) is 5.31. The minimum absolute atomic E-state index is 0.353. The SMILES string of the molecule is CSCCCC(O)c1scnc1Br. The molecule has 1 unspecified atom stereocenters. The molecule has 1 atom stereocenters. The number of hydrogen-bond acceptors (Lipinski definition) is 4. The highest BCUT2D eigenvalue weighted by atomic mass is 79.9. The number of nitrogens with zero attached hydrogens (tertiary/aromatic N) is 1. The quantitative estimate of drug-likeness (QED) is 0.842. The number of aliphatic hydroxyl groups excluding tert-OH is 1. The van der Waals surface area contributed by atoms with Crippen LogP contribution in [0.2, 0.25) is 0 Å². The van der Waals surface area contributed by atoms with Gasteiger partial charge < -0.3 is 5.11 Å². The van der Waals surface area contributed by atoms with Gasteiger partial charge in [-0.15, -0.1) is 11.3 Å². The molecule has 0 saturated carbocycles. The lowest BCUT2D eigenvalue weighted by Gasteiger charge is -2.07. The van der Waals surface area contributed by atoms with Crippen molar-refractivity contribution in [3.8, 4) is 0 Å². The third-order valence-electron chi connectivity index (χ3n) is 1.68. The normalized spacial score (nSPS) is 13.2. The Morgan fingerprint density at radius 1 is 1.77 bits per heavy atom. The largest absolute Gasteiger partial charge is 0.387 e. The molecule has 0 bridgehead atoms. The molecule has 1 rings (SSSR count). The lowest BCUT2D eigenvalue weighted by atomic mass is 10.2. The Bertz CT molecular complexity index is 254. The average molecular weight is 282 g/mol. The first-order valence-electron chi connectivity index (χ1n) is 4.01. The van der Waals surface area contributed by atoms with Crippen molar-refractivity contribution in [1.29, 1.82) is 0 Å². The molecule has 0 saturated heterocycles. The third kappa shape index (κ3) is 3.58. The van der Waals surface area contributed by atoms with Gasteiger partial charge in [-0.1, -0.05) is 0 Å². The first-order valence-corrected chi connectivity index (χ1v) is 7.08. The first-order chi connectivity index (χ1) is 6.25. The number of thioether (sulfide) groups is 1. The van der Waals surface area contributed by atoms with Gasteiger partial charge in [-0.3, -0.25) is 0 Å². The minimum atomic E-state index is -0.353. The van der Waals surface area contributed by atoms with Crippen LogP contribution in [0.25, 0.3) is 0 Å². The second-order valence-corrected chi connectivity index (χ2v) is 5.28. The molecule has 0 fully saturated rings. The van der Waals surface area contributed by atoms with Crippen LogP contribution in [-0.2, 0) is 0 Å². The number of rotatable bonds is 5. The van der Waals surface area contributed by atoms with E-state index in [-0.39, 0.29) is 6.10 Å². The standard InChI is InChI=1S/C8H12BrNOS2/c1-12-4-2-3-6(11)7-8(9)10-5-13-7/h5-6,11H,2-4H2,1H3. The van der Waals surface area contributed by atoms with Crippen LogP contribution < -0.4 is 0 Å². The molecule has 0 aliphatic carbocycles. The fourth-order valence-electron chi connectivity index (χ4n) is 1.01. The summed E-state index contributed by atoms with van der Waals surface area (Å²) in [4.78, 5) is 4.98. The number of aromatic nitrogens is 1. The molecular weight excluding hydrogens is 270 g/mol. The van der Waals surface area contributed by atoms with Crippen molar-refractivity contribution < 1.29 is 5.11 Å². The molecule has 1 aromatic heterocycles. The van der Waals surface area contributed by atoms with Gasteiger partial charge in [0.15, 0.2) is 0 Å². The summed E-state index contributed by atoms with van der Waals surface area (Å²) >= 11 is 6.62. The number of hydrogen-bond donors (Lipinski definition) is 1. The summed E-state index contributed by atoms with van der Waals surface area (Å²) < 4.78 is 0.786. The van der Waals surface area contributed by atoms with Crippen LogP contribution in [0.3, 0.4) is 0 Å². The summed E-state index contributed by atoms with van der Waals surface area (Å²) in [5.74, 6) is 1.10. The molecule has 0 aliphatic rings. The predicted molar refractivity (Wildman–Crippen MR) is 62.4 cm³/mol. The van der Waals surface area contributed by atoms with Crippen molar-refractivity contribution in [2.75, 3.05) is 12.0 Å². The fourth-order valence-corrected chi connectivity index (χ4v) is 2.94. The van der Waals surface area contributed by atoms with Crippen LogP contribution in [0.15, 0.2) is 10.1 Å². The summed E-state index contributed by atoms with van der Waals surface area (Å²) in [5, 5.41) is 9.75. The zero-order valence-corrected chi connectivity index (χ0v) is 10.6. The molecule has 1 N–H and O–H groups in total. The van der Waals surface area contributed by atoms with E-state index in [0.717, 1.165) is 28.1 Å². The number of halogens is 1. The van der Waals surface area contributed by atoms with Crippen molar-refractivity contribution in [2.24, 2.45) is 0 Å². The van der Waals surface area contributed by atoms with Crippen LogP contribution in [0.1, 0.15) is 23.8 Å². The third-order valence-corrected chi connectivity index (χ3v) is 4.20. The lowest BCUT2D eigenvalue weighted by molar-refractivity contribution is 0.169. The van der Waals surface area contributed by atoms with Gasteiger partial charge in [0.05, 0.1) is 16.5 Å². The molecule has 0 radical (unpaired) electrons. The Labute approximate surface area is 94.9 Å². The van der Waals surface area contributed by atoms with E-state index in [1.165, 1.54) is 11.3 Å². The predicted octanol–water partition coefficient (Wildman–Crippen LogP) is 3.08. The molecule has 1 heterocycles. The van der Waals surface area contributed by atoms with Gasteiger partial charge in [0.1, 0.15) is 4.60 Å². The van der Waals surface area contributed by atoms with E-state index in [0.29, 0.717) is 0 Å². The molecule has 0 spiro atoms. The van der Waals surface area contributed by atoms with Gasteiger partial charge in [-0.05, 0) is 40.8 Å². The van der Waals surface area contributed by atoms with E-state index in [9.17, 15) is 5.11 Å².